The number of halogens is 4. The van der Waals surface area contributed by atoms with Crippen LogP contribution in [0.25, 0.3) is 0 Å². The molecule has 11 heavy (non-hydrogen) atoms. The monoisotopic (exact) mass is 230 g/mol. The Morgan fingerprint density at radius 2 is 1.82 bits per heavy atom. The van der Waals surface area contributed by atoms with E-state index in [9.17, 15) is 0 Å². The molecule has 0 saturated carbocycles. The molecule has 0 saturated heterocycles. The van der Waals surface area contributed by atoms with Crippen molar-refractivity contribution >= 4 is 46.4 Å². The van der Waals surface area contributed by atoms with Crippen molar-refractivity contribution in [3.63, 3.8) is 0 Å². The number of alkyl halides is 4. The second-order valence-electron chi connectivity index (χ2n) is 2.35. The fourth-order valence-corrected chi connectivity index (χ4v) is 1.39. The van der Waals surface area contributed by atoms with Crippen LogP contribution in [0.5, 0.6) is 0 Å². The summed E-state index contributed by atoms with van der Waals surface area (Å²) in [6, 6.07) is 0. The van der Waals surface area contributed by atoms with E-state index >= 15 is 0 Å². The second-order valence-corrected chi connectivity index (χ2v) is 5.31. The van der Waals surface area contributed by atoms with Gasteiger partial charge in [-0.2, -0.15) is 0 Å². The van der Waals surface area contributed by atoms with E-state index in [0.717, 1.165) is 0 Å². The molecule has 0 aromatic carbocycles. The molecule has 62 valence electrons. The zero-order valence-corrected chi connectivity index (χ0v) is 8.55. The Labute approximate surface area is 85.8 Å². The van der Waals surface area contributed by atoms with Crippen molar-refractivity contribution in [2.24, 2.45) is 0 Å². The molecule has 1 unspecified atom stereocenters. The maximum Gasteiger partial charge on any atom is 0.213 e. The van der Waals surface area contributed by atoms with Crippen LogP contribution in [0.4, 0.5) is 0 Å². The molecule has 0 nitrogen and oxygen atoms in total. The lowest BCUT2D eigenvalue weighted by molar-refractivity contribution is 0.720. The second kappa shape index (κ2) is 3.18. The highest BCUT2D eigenvalue weighted by atomic mass is 35.6. The largest absolute Gasteiger partial charge is 0.213 e. The maximum absolute atomic E-state index is 6.02. The highest BCUT2D eigenvalue weighted by molar-refractivity contribution is 6.71. The SMILES string of the molecule is ClC(Cl)(Cl)C1(Cl)C=CC=CC1. The summed E-state index contributed by atoms with van der Waals surface area (Å²) in [4.78, 5) is -0.883. The molecule has 0 aromatic heterocycles. The molecule has 0 heterocycles. The van der Waals surface area contributed by atoms with E-state index in [0.29, 0.717) is 6.42 Å². The molecular weight excluding hydrogens is 226 g/mol. The lowest BCUT2D eigenvalue weighted by atomic mass is 10.0. The molecule has 1 rings (SSSR count). The normalized spacial score (nSPS) is 30.9. The summed E-state index contributed by atoms with van der Waals surface area (Å²) in [5.74, 6) is 0. The third kappa shape index (κ3) is 2.06. The minimum absolute atomic E-state index is 0.543. The smallest absolute Gasteiger partial charge is 0.110 e. The quantitative estimate of drug-likeness (QED) is 0.556. The van der Waals surface area contributed by atoms with Gasteiger partial charge in [0.15, 0.2) is 0 Å². The summed E-state index contributed by atoms with van der Waals surface area (Å²) < 4.78 is -1.45. The Morgan fingerprint density at radius 1 is 1.18 bits per heavy atom. The highest BCUT2D eigenvalue weighted by Gasteiger charge is 2.44. The molecule has 4 heteroatoms. The van der Waals surface area contributed by atoms with Crippen LogP contribution in [-0.2, 0) is 0 Å². The lowest BCUT2D eigenvalue weighted by Gasteiger charge is -2.30. The zero-order chi connectivity index (χ0) is 8.54. The van der Waals surface area contributed by atoms with Gasteiger partial charge in [-0.25, -0.2) is 0 Å². The van der Waals surface area contributed by atoms with Crippen LogP contribution in [0.2, 0.25) is 0 Å². The Morgan fingerprint density at radius 3 is 2.09 bits per heavy atom. The summed E-state index contributed by atoms with van der Waals surface area (Å²) >= 11 is 23.0. The molecule has 1 aliphatic carbocycles. The Bertz CT molecular complexity index is 201. The Hall–Kier alpha value is 0.640. The summed E-state index contributed by atoms with van der Waals surface area (Å²) in [6.45, 7) is 0. The fourth-order valence-electron chi connectivity index (χ4n) is 0.804. The molecule has 0 radical (unpaired) electrons. The average molecular weight is 232 g/mol. The Balaban J connectivity index is 2.84. The number of hydrogen-bond donors (Lipinski definition) is 0. The zero-order valence-electron chi connectivity index (χ0n) is 5.53. The van der Waals surface area contributed by atoms with Gasteiger partial charge in [-0.3, -0.25) is 0 Å². The molecule has 1 atom stereocenters. The van der Waals surface area contributed by atoms with Crippen LogP contribution >= 0.6 is 46.4 Å². The summed E-state index contributed by atoms with van der Waals surface area (Å²) in [7, 11) is 0. The van der Waals surface area contributed by atoms with Gasteiger partial charge in [-0.15, -0.1) is 11.6 Å². The van der Waals surface area contributed by atoms with Crippen LogP contribution in [0, 0.1) is 0 Å². The molecule has 0 spiro atoms. The first-order valence-corrected chi connectivity index (χ1v) is 4.57. The third-order valence-electron chi connectivity index (χ3n) is 1.49. The minimum Gasteiger partial charge on any atom is -0.110 e. The first kappa shape index (κ1) is 9.73. The first-order chi connectivity index (χ1) is 4.96. The van der Waals surface area contributed by atoms with Gasteiger partial charge in [0.25, 0.3) is 0 Å². The molecule has 0 bridgehead atoms. The molecule has 0 aromatic rings. The van der Waals surface area contributed by atoms with Gasteiger partial charge in [0, 0.05) is 0 Å². The predicted molar refractivity (Wildman–Crippen MR) is 51.8 cm³/mol. The molecule has 0 aliphatic heterocycles. The molecular formula is C7H6Cl4. The van der Waals surface area contributed by atoms with E-state index in [1.165, 1.54) is 0 Å². The van der Waals surface area contributed by atoms with E-state index in [1.807, 2.05) is 12.2 Å². The van der Waals surface area contributed by atoms with Gasteiger partial charge in [0.05, 0.1) is 0 Å². The average Bonchev–Trinajstić information content (AvgIpc) is 1.87. The maximum atomic E-state index is 6.02. The van der Waals surface area contributed by atoms with Gasteiger partial charge in [-0.05, 0) is 6.42 Å². The van der Waals surface area contributed by atoms with Crippen molar-refractivity contribution in [1.82, 2.24) is 0 Å². The van der Waals surface area contributed by atoms with Gasteiger partial charge in [-0.1, -0.05) is 59.1 Å². The predicted octanol–water partition coefficient (Wildman–Crippen LogP) is 3.85. The van der Waals surface area contributed by atoms with Crippen LogP contribution < -0.4 is 0 Å². The molecule has 0 fully saturated rings. The van der Waals surface area contributed by atoms with Crippen LogP contribution in [-0.4, -0.2) is 8.67 Å². The minimum atomic E-state index is -1.45. The van der Waals surface area contributed by atoms with E-state index in [4.69, 9.17) is 46.4 Å². The Kier molecular flexibility index (Phi) is 2.81. The van der Waals surface area contributed by atoms with Crippen molar-refractivity contribution in [2.75, 3.05) is 0 Å². The topological polar surface area (TPSA) is 0 Å². The number of rotatable bonds is 0. The number of allylic oxidation sites excluding steroid dienone is 4. The van der Waals surface area contributed by atoms with E-state index in [2.05, 4.69) is 0 Å². The molecule has 0 amide bonds. The fraction of sp³-hybridized carbons (Fsp3) is 0.429. The van der Waals surface area contributed by atoms with Crippen LogP contribution in [0.1, 0.15) is 6.42 Å². The third-order valence-corrected chi connectivity index (χ3v) is 3.36. The molecule has 0 N–H and O–H groups in total. The first-order valence-electron chi connectivity index (χ1n) is 3.06. The number of hydrogen-bond acceptors (Lipinski definition) is 0. The van der Waals surface area contributed by atoms with Crippen molar-refractivity contribution in [3.8, 4) is 0 Å². The van der Waals surface area contributed by atoms with E-state index in [-0.39, 0.29) is 0 Å². The van der Waals surface area contributed by atoms with E-state index < -0.39 is 8.67 Å². The van der Waals surface area contributed by atoms with Crippen molar-refractivity contribution in [1.29, 1.82) is 0 Å². The van der Waals surface area contributed by atoms with Gasteiger partial charge >= 0.3 is 0 Å². The summed E-state index contributed by atoms with van der Waals surface area (Å²) in [6.07, 6.45) is 7.76. The summed E-state index contributed by atoms with van der Waals surface area (Å²) in [5, 5.41) is 0. The van der Waals surface area contributed by atoms with E-state index in [1.54, 1.807) is 12.2 Å². The lowest BCUT2D eigenvalue weighted by Crippen LogP contribution is -2.35. The van der Waals surface area contributed by atoms with Crippen molar-refractivity contribution in [2.45, 2.75) is 15.1 Å². The van der Waals surface area contributed by atoms with Crippen LogP contribution in [0.3, 0.4) is 0 Å². The van der Waals surface area contributed by atoms with Crippen molar-refractivity contribution < 1.29 is 0 Å². The van der Waals surface area contributed by atoms with Crippen molar-refractivity contribution in [3.05, 3.63) is 24.3 Å². The van der Waals surface area contributed by atoms with Gasteiger partial charge in [0.1, 0.15) is 4.87 Å². The summed E-state index contributed by atoms with van der Waals surface area (Å²) in [5.41, 5.74) is 0. The van der Waals surface area contributed by atoms with Crippen LogP contribution in [0.15, 0.2) is 24.3 Å². The van der Waals surface area contributed by atoms with Gasteiger partial charge < -0.3 is 0 Å². The standard InChI is InChI=1S/C7H6Cl4/c8-6(7(9,10)11)4-2-1-3-5-6/h1-4H,5H2. The highest BCUT2D eigenvalue weighted by Crippen LogP contribution is 2.47. The van der Waals surface area contributed by atoms with Gasteiger partial charge in [0.2, 0.25) is 3.79 Å². The molecule has 1 aliphatic rings.